The van der Waals surface area contributed by atoms with E-state index >= 15 is 0 Å². The average molecular weight is 458 g/mol. The van der Waals surface area contributed by atoms with Gasteiger partial charge < -0.3 is 15.0 Å². The van der Waals surface area contributed by atoms with Crippen LogP contribution in [-0.2, 0) is 14.6 Å². The third kappa shape index (κ3) is 4.28. The first-order chi connectivity index (χ1) is 15.4. The van der Waals surface area contributed by atoms with Gasteiger partial charge in [0, 0.05) is 31.7 Å². The van der Waals surface area contributed by atoms with Gasteiger partial charge in [0.2, 0.25) is 9.84 Å². The van der Waals surface area contributed by atoms with E-state index < -0.39 is 15.7 Å². The molecule has 1 N–H and O–H groups in total. The van der Waals surface area contributed by atoms with E-state index in [4.69, 9.17) is 4.74 Å². The lowest BCUT2D eigenvalue weighted by Crippen LogP contribution is -2.38. The lowest BCUT2D eigenvalue weighted by molar-refractivity contribution is 0.0374. The van der Waals surface area contributed by atoms with E-state index in [1.54, 1.807) is 19.1 Å². The Morgan fingerprint density at radius 1 is 1.09 bits per heavy atom. The topological polar surface area (TPSA) is 96.0 Å². The molecule has 0 aliphatic carbocycles. The number of rotatable bonds is 6. The van der Waals surface area contributed by atoms with Gasteiger partial charge >= 0.3 is 0 Å². The van der Waals surface area contributed by atoms with Crippen molar-refractivity contribution in [1.29, 1.82) is 0 Å². The fraction of sp³-hybridized carbons (Fsp3) is 0.391. The van der Waals surface area contributed by atoms with Crippen LogP contribution in [0.25, 0.3) is 0 Å². The maximum Gasteiger partial charge on any atom is 0.259 e. The first-order valence-electron chi connectivity index (χ1n) is 10.8. The van der Waals surface area contributed by atoms with Gasteiger partial charge in [-0.05, 0) is 50.2 Å². The number of ether oxygens (including phenoxy) is 1. The zero-order chi connectivity index (χ0) is 22.7. The second-order valence-electron chi connectivity index (χ2n) is 7.79. The van der Waals surface area contributed by atoms with Crippen LogP contribution in [0.3, 0.4) is 0 Å². The van der Waals surface area contributed by atoms with Crippen LogP contribution < -0.4 is 10.2 Å². The van der Waals surface area contributed by atoms with E-state index in [0.717, 1.165) is 39.3 Å². The van der Waals surface area contributed by atoms with Crippen LogP contribution in [0, 0.1) is 0 Å². The number of hydrogen-bond acceptors (Lipinski definition) is 6. The molecule has 2 aromatic rings. The molecule has 170 valence electrons. The van der Waals surface area contributed by atoms with Crippen LogP contribution in [0.5, 0.6) is 0 Å². The van der Waals surface area contributed by atoms with Gasteiger partial charge in [-0.1, -0.05) is 12.1 Å². The number of benzene rings is 2. The minimum absolute atomic E-state index is 0.0116. The molecule has 0 saturated carbocycles. The summed E-state index contributed by atoms with van der Waals surface area (Å²) in [7, 11) is -3.90. The van der Waals surface area contributed by atoms with Gasteiger partial charge in [0.1, 0.15) is 0 Å². The molecule has 32 heavy (non-hydrogen) atoms. The number of hydrogen-bond donors (Lipinski definition) is 1. The van der Waals surface area contributed by atoms with Gasteiger partial charge in [0.05, 0.1) is 34.3 Å². The van der Waals surface area contributed by atoms with Crippen molar-refractivity contribution in [3.8, 4) is 0 Å². The Balaban J connectivity index is 1.55. The summed E-state index contributed by atoms with van der Waals surface area (Å²) in [4.78, 5) is 29.6. The van der Waals surface area contributed by atoms with E-state index in [0.29, 0.717) is 12.1 Å². The zero-order valence-corrected chi connectivity index (χ0v) is 18.9. The molecule has 0 unspecified atom stereocenters. The lowest BCUT2D eigenvalue weighted by Gasteiger charge is -2.26. The summed E-state index contributed by atoms with van der Waals surface area (Å²) in [5.74, 6) is -0.689. The summed E-state index contributed by atoms with van der Waals surface area (Å²) in [5.41, 5.74) is 0.692. The standard InChI is InChI=1S/C23H27N3O5S/c1-2-26-19-16-17(22(27)24-10-5-11-25-12-14-31-15-13-25)8-9-21(19)32(29,30)20-7-4-3-6-18(20)23(26)28/h3-4,6-9,16H,2,5,10-15H2,1H3,(H,24,27). The molecule has 1 saturated heterocycles. The van der Waals surface area contributed by atoms with E-state index in [1.807, 2.05) is 0 Å². The van der Waals surface area contributed by atoms with Crippen molar-refractivity contribution in [2.24, 2.45) is 0 Å². The number of anilines is 1. The smallest absolute Gasteiger partial charge is 0.259 e. The van der Waals surface area contributed by atoms with Crippen molar-refractivity contribution in [1.82, 2.24) is 10.2 Å². The van der Waals surface area contributed by atoms with Gasteiger partial charge in [0.15, 0.2) is 0 Å². The number of morpholine rings is 1. The summed E-state index contributed by atoms with van der Waals surface area (Å²) in [6.45, 7) is 6.71. The van der Waals surface area contributed by atoms with Gasteiger partial charge in [-0.2, -0.15) is 0 Å². The number of fused-ring (bicyclic) bond motifs is 2. The van der Waals surface area contributed by atoms with Crippen LogP contribution in [-0.4, -0.2) is 71.1 Å². The van der Waals surface area contributed by atoms with Gasteiger partial charge in [0.25, 0.3) is 11.8 Å². The predicted octanol–water partition coefficient (Wildman–Crippen LogP) is 1.95. The van der Waals surface area contributed by atoms with Gasteiger partial charge in [-0.3, -0.25) is 14.5 Å². The normalized spacial score (nSPS) is 17.9. The predicted molar refractivity (Wildman–Crippen MR) is 120 cm³/mol. The second kappa shape index (κ2) is 9.40. The molecular formula is C23H27N3O5S. The van der Waals surface area contributed by atoms with E-state index in [2.05, 4.69) is 10.2 Å². The van der Waals surface area contributed by atoms with E-state index in [1.165, 1.54) is 35.2 Å². The lowest BCUT2D eigenvalue weighted by atomic mass is 10.1. The zero-order valence-electron chi connectivity index (χ0n) is 18.0. The molecule has 0 aromatic heterocycles. The quantitative estimate of drug-likeness (QED) is 0.666. The molecule has 0 bridgehead atoms. The fourth-order valence-electron chi connectivity index (χ4n) is 4.09. The third-order valence-corrected chi connectivity index (χ3v) is 7.67. The van der Waals surface area contributed by atoms with Crippen molar-refractivity contribution < 1.29 is 22.7 Å². The number of amides is 2. The Kier molecular flexibility index (Phi) is 6.59. The maximum atomic E-state index is 13.3. The van der Waals surface area contributed by atoms with Crippen molar-refractivity contribution in [3.63, 3.8) is 0 Å². The van der Waals surface area contributed by atoms with E-state index in [-0.39, 0.29) is 33.5 Å². The first kappa shape index (κ1) is 22.4. The first-order valence-corrected chi connectivity index (χ1v) is 12.3. The summed E-state index contributed by atoms with van der Waals surface area (Å²) >= 11 is 0. The Labute approximate surface area is 188 Å². The molecule has 0 spiro atoms. The number of carbonyl (C=O) groups excluding carboxylic acids is 2. The third-order valence-electron chi connectivity index (χ3n) is 5.81. The Hall–Kier alpha value is -2.75. The molecule has 2 aliphatic rings. The summed E-state index contributed by atoms with van der Waals surface area (Å²) in [6, 6.07) is 10.6. The highest BCUT2D eigenvalue weighted by Gasteiger charge is 2.35. The SMILES string of the molecule is CCN1C(=O)c2ccccc2S(=O)(=O)c2ccc(C(=O)NCCCN3CCOCC3)cc21. The van der Waals surface area contributed by atoms with Crippen molar-refractivity contribution in [2.75, 3.05) is 50.8 Å². The Morgan fingerprint density at radius 3 is 2.59 bits per heavy atom. The number of nitrogens with one attached hydrogen (secondary N) is 1. The average Bonchev–Trinajstić information content (AvgIpc) is 2.88. The van der Waals surface area contributed by atoms with Crippen LogP contribution in [0.4, 0.5) is 5.69 Å². The molecule has 0 radical (unpaired) electrons. The maximum absolute atomic E-state index is 13.3. The molecule has 2 heterocycles. The molecule has 8 nitrogen and oxygen atoms in total. The van der Waals surface area contributed by atoms with Gasteiger partial charge in [-0.25, -0.2) is 8.42 Å². The van der Waals surface area contributed by atoms with Crippen molar-refractivity contribution in [2.45, 2.75) is 23.1 Å². The molecule has 9 heteroatoms. The summed E-state index contributed by atoms with van der Waals surface area (Å²) in [5, 5.41) is 2.89. The van der Waals surface area contributed by atoms with Crippen LogP contribution >= 0.6 is 0 Å². The van der Waals surface area contributed by atoms with Crippen molar-refractivity contribution >= 4 is 27.3 Å². The fourth-order valence-corrected chi connectivity index (χ4v) is 5.72. The summed E-state index contributed by atoms with van der Waals surface area (Å²) in [6.07, 6.45) is 0.805. The highest BCUT2D eigenvalue weighted by Crippen LogP contribution is 2.37. The minimum Gasteiger partial charge on any atom is -0.379 e. The van der Waals surface area contributed by atoms with Crippen LogP contribution in [0.1, 0.15) is 34.1 Å². The van der Waals surface area contributed by atoms with Crippen molar-refractivity contribution in [3.05, 3.63) is 53.6 Å². The number of carbonyl (C=O) groups is 2. The molecular weight excluding hydrogens is 430 g/mol. The Bertz CT molecular complexity index is 1130. The second-order valence-corrected chi connectivity index (χ2v) is 9.68. The monoisotopic (exact) mass is 457 g/mol. The van der Waals surface area contributed by atoms with E-state index in [9.17, 15) is 18.0 Å². The molecule has 2 amide bonds. The number of nitrogens with zero attached hydrogens (tertiary/aromatic N) is 2. The molecule has 4 rings (SSSR count). The van der Waals surface area contributed by atoms with Crippen LogP contribution in [0.15, 0.2) is 52.3 Å². The molecule has 0 atom stereocenters. The van der Waals surface area contributed by atoms with Gasteiger partial charge in [-0.15, -0.1) is 0 Å². The molecule has 2 aliphatic heterocycles. The highest BCUT2D eigenvalue weighted by atomic mass is 32.2. The highest BCUT2D eigenvalue weighted by molar-refractivity contribution is 7.91. The molecule has 1 fully saturated rings. The number of sulfone groups is 1. The van der Waals surface area contributed by atoms with Crippen LogP contribution in [0.2, 0.25) is 0 Å². The Morgan fingerprint density at radius 2 is 1.84 bits per heavy atom. The summed E-state index contributed by atoms with van der Waals surface area (Å²) < 4.78 is 31.9. The largest absolute Gasteiger partial charge is 0.379 e. The molecule has 2 aromatic carbocycles. The minimum atomic E-state index is -3.90.